The third-order valence-corrected chi connectivity index (χ3v) is 19.2. The lowest BCUT2D eigenvalue weighted by Gasteiger charge is -2.25. The number of anilines is 2. The molecule has 3 N–H and O–H groups in total. The number of sulfonamides is 2. The highest BCUT2D eigenvalue weighted by molar-refractivity contribution is 8.04. The number of thioether (sulfide) groups is 1. The second-order valence-electron chi connectivity index (χ2n) is 22.2. The Bertz CT molecular complexity index is 3770. The number of nitrogens with zero attached hydrogens (tertiary/aromatic N) is 1. The van der Waals surface area contributed by atoms with Crippen LogP contribution in [0.1, 0.15) is 129 Å². The number of para-hydroxylation sites is 2. The first-order valence-corrected chi connectivity index (χ1v) is 31.6. The molecule has 0 bridgehead atoms. The van der Waals surface area contributed by atoms with Crippen LogP contribution in [0, 0.1) is 28.7 Å². The van der Waals surface area contributed by atoms with E-state index in [4.69, 9.17) is 23.6 Å². The Balaban J connectivity index is 1.32. The summed E-state index contributed by atoms with van der Waals surface area (Å²) in [5.41, 5.74) is 6.31. The molecule has 1 aliphatic heterocycles. The van der Waals surface area contributed by atoms with Crippen LogP contribution in [0.5, 0.6) is 0 Å². The first-order valence-electron chi connectivity index (χ1n) is 27.6. The number of methoxy groups -OCH3 is 1. The summed E-state index contributed by atoms with van der Waals surface area (Å²) in [4.78, 5) is 27.2. The van der Waals surface area contributed by atoms with Crippen LogP contribution in [-0.2, 0) is 43.8 Å². The van der Waals surface area contributed by atoms with Crippen LogP contribution >= 0.6 is 11.8 Å². The third kappa shape index (κ3) is 14.4. The summed E-state index contributed by atoms with van der Waals surface area (Å²) < 4.78 is 146. The molecule has 1 unspecified atom stereocenters. The topological polar surface area (TPSA) is 192 Å². The fraction of sp³-hybridized carbons (Fsp3) is 0.381. The number of carbonyl (C=O) groups is 2. The lowest BCUT2D eigenvalue weighted by atomic mass is 9.89. The molecule has 1 aliphatic carbocycles. The molecule has 0 saturated carbocycles. The van der Waals surface area contributed by atoms with Gasteiger partial charge in [0.25, 0.3) is 20.0 Å². The number of ether oxygens (including phenoxy) is 3. The van der Waals surface area contributed by atoms with Crippen molar-refractivity contribution >= 4 is 71.7 Å². The Morgan fingerprint density at radius 3 is 1.85 bits per heavy atom. The van der Waals surface area contributed by atoms with Gasteiger partial charge in [0.05, 0.1) is 40.7 Å². The maximum Gasteiger partial charge on any atom is 0.329 e. The predicted octanol–water partition coefficient (Wildman–Crippen LogP) is 14.1. The van der Waals surface area contributed by atoms with Crippen molar-refractivity contribution < 1.29 is 62.6 Å². The van der Waals surface area contributed by atoms with Crippen molar-refractivity contribution in [3.63, 3.8) is 0 Å². The number of hydrogen-bond acceptors (Lipinski definition) is 13. The van der Waals surface area contributed by atoms with Gasteiger partial charge in [-0.25, -0.2) is 44.2 Å². The van der Waals surface area contributed by atoms with Crippen LogP contribution in [0.2, 0.25) is 0 Å². The Labute approximate surface area is 493 Å². The van der Waals surface area contributed by atoms with Crippen molar-refractivity contribution in [2.24, 2.45) is 10.4 Å². The van der Waals surface area contributed by atoms with E-state index < -0.39 is 87.1 Å². The molecular formula is C63H72F4N4O10S3. The molecule has 450 valence electrons. The molecule has 0 saturated heterocycles. The highest BCUT2D eigenvalue weighted by Gasteiger charge is 2.39. The SMILES string of the molecule is CCC(C)(C)C(=O)NC(CSc1c(F)c(F)c(S(=O)(=O)NS(=O)(=O)c2ccccc2-c2c3ccc(=Nc4c(C(C)C)cccc4C(C)C)cc-3oc3cc(Nc4c(C(C)C)cccc4C(C)C)ccc23)c(F)c1F)C(=O)OCCOCCOC. The normalized spacial score (nSPS) is 13.0. The standard InChI is InChI=1S/C63H72F4N4O10S3/c1-13-63(10,11)62(73)70-48(61(72)80-31-30-79-29-28-78-12)34-82-59-53(64)55(66)60(56(67)54(59)65)84(76,77)71-83(74,75)51-23-15-14-18-47(51)52-45-26-24-39(68-57-41(35(2)3)19-16-20-42(57)36(4)5)32-49(45)81-50-33-40(25-27-46(50)52)69-58-43(37(6)7)21-17-22-44(58)38(8)9/h14-27,32-33,35-38,48,68,71H,13,28-31,34H2,1-12H3,(H,70,73). The zero-order valence-corrected chi connectivity index (χ0v) is 51.6. The van der Waals surface area contributed by atoms with Gasteiger partial charge in [0, 0.05) is 63.9 Å². The van der Waals surface area contributed by atoms with Crippen molar-refractivity contribution in [1.82, 2.24) is 9.44 Å². The second-order valence-corrected chi connectivity index (χ2v) is 26.7. The Morgan fingerprint density at radius 1 is 0.679 bits per heavy atom. The number of halogens is 4. The lowest BCUT2D eigenvalue weighted by molar-refractivity contribution is -0.149. The summed E-state index contributed by atoms with van der Waals surface area (Å²) in [5, 5.41) is 6.95. The largest absolute Gasteiger partial charge is 0.462 e. The van der Waals surface area contributed by atoms with Gasteiger partial charge in [0.1, 0.15) is 24.0 Å². The van der Waals surface area contributed by atoms with E-state index in [0.29, 0.717) is 28.4 Å². The highest BCUT2D eigenvalue weighted by Crippen LogP contribution is 2.45. The maximum absolute atomic E-state index is 16.2. The molecule has 14 nitrogen and oxygen atoms in total. The van der Waals surface area contributed by atoms with Gasteiger partial charge in [-0.2, -0.15) is 0 Å². The number of carbonyl (C=O) groups excluding carboxylic acids is 2. The minimum absolute atomic E-state index is 0.0437. The molecule has 2 aliphatic rings. The fourth-order valence-electron chi connectivity index (χ4n) is 9.41. The fourth-order valence-corrected chi connectivity index (χ4v) is 13.6. The third-order valence-electron chi connectivity index (χ3n) is 14.4. The smallest absolute Gasteiger partial charge is 0.329 e. The first-order chi connectivity index (χ1) is 39.6. The van der Waals surface area contributed by atoms with Crippen LogP contribution in [-0.4, -0.2) is 74.0 Å². The first kappa shape index (κ1) is 64.9. The minimum atomic E-state index is -6.05. The van der Waals surface area contributed by atoms with Crippen LogP contribution in [0.4, 0.5) is 34.6 Å². The predicted molar refractivity (Wildman–Crippen MR) is 320 cm³/mol. The van der Waals surface area contributed by atoms with Crippen molar-refractivity contribution in [3.05, 3.63) is 148 Å². The Kier molecular flexibility index (Phi) is 21.0. The average Bonchev–Trinajstić information content (AvgIpc) is 2.42. The van der Waals surface area contributed by atoms with Crippen LogP contribution in [0.15, 0.2) is 121 Å². The number of hydrogen-bond donors (Lipinski definition) is 3. The van der Waals surface area contributed by atoms with Crippen LogP contribution < -0.4 is 20.1 Å². The van der Waals surface area contributed by atoms with Crippen molar-refractivity contribution in [3.8, 4) is 22.5 Å². The van der Waals surface area contributed by atoms with Gasteiger partial charge in [-0.15, -0.1) is 15.9 Å². The molecule has 1 atom stereocenters. The number of amides is 1. The van der Waals surface area contributed by atoms with E-state index in [1.54, 1.807) is 57.2 Å². The van der Waals surface area contributed by atoms with Crippen LogP contribution in [0.3, 0.4) is 0 Å². The van der Waals surface area contributed by atoms with E-state index in [-0.39, 0.29) is 84.3 Å². The molecule has 21 heteroatoms. The van der Waals surface area contributed by atoms with E-state index in [0.717, 1.165) is 39.7 Å². The summed E-state index contributed by atoms with van der Waals surface area (Å²) in [5.74, 6) is -11.0. The molecule has 1 heterocycles. The molecule has 0 radical (unpaired) electrons. The zero-order chi connectivity index (χ0) is 61.6. The van der Waals surface area contributed by atoms with Gasteiger partial charge in [0.15, 0.2) is 28.2 Å². The number of fused-ring (bicyclic) bond motifs is 2. The van der Waals surface area contributed by atoms with E-state index in [2.05, 4.69) is 78.2 Å². The Hall–Kier alpha value is -6.62. The summed E-state index contributed by atoms with van der Waals surface area (Å²) in [6, 6.07) is 26.3. The van der Waals surface area contributed by atoms with Gasteiger partial charge in [-0.1, -0.05) is 131 Å². The maximum atomic E-state index is 16.2. The molecule has 5 aromatic carbocycles. The van der Waals surface area contributed by atoms with Crippen molar-refractivity contribution in [2.45, 2.75) is 127 Å². The van der Waals surface area contributed by atoms with Gasteiger partial charge in [-0.05, 0) is 82.7 Å². The van der Waals surface area contributed by atoms with Crippen molar-refractivity contribution in [1.29, 1.82) is 0 Å². The number of nitrogens with one attached hydrogen (secondary N) is 3. The molecule has 84 heavy (non-hydrogen) atoms. The highest BCUT2D eigenvalue weighted by atomic mass is 32.3. The monoisotopic (exact) mass is 1220 g/mol. The lowest BCUT2D eigenvalue weighted by Crippen LogP contribution is -2.48. The van der Waals surface area contributed by atoms with Gasteiger partial charge in [0.2, 0.25) is 5.91 Å². The average molecular weight is 1220 g/mol. The molecule has 5 aromatic rings. The van der Waals surface area contributed by atoms with E-state index in [9.17, 15) is 26.4 Å². The number of benzene rings is 6. The van der Waals surface area contributed by atoms with Gasteiger partial charge >= 0.3 is 5.97 Å². The summed E-state index contributed by atoms with van der Waals surface area (Å²) in [6.07, 6.45) is 0.307. The molecule has 7 rings (SSSR count). The second kappa shape index (κ2) is 27.2. The summed E-state index contributed by atoms with van der Waals surface area (Å²) in [7, 11) is -10.1. The number of rotatable bonds is 25. The van der Waals surface area contributed by atoms with E-state index in [1.165, 1.54) is 29.4 Å². The molecule has 0 fully saturated rings. The number of esters is 1. The summed E-state index contributed by atoms with van der Waals surface area (Å²) >= 11 is 0.0437. The molecule has 0 spiro atoms. The Morgan fingerprint density at radius 2 is 1.26 bits per heavy atom. The van der Waals surface area contributed by atoms with Crippen LogP contribution in [0.25, 0.3) is 33.4 Å². The van der Waals surface area contributed by atoms with Gasteiger partial charge in [-0.3, -0.25) is 4.79 Å². The quantitative estimate of drug-likeness (QED) is 0.0123. The molecule has 0 aromatic heterocycles. The van der Waals surface area contributed by atoms with E-state index >= 15 is 17.6 Å². The summed E-state index contributed by atoms with van der Waals surface area (Å²) in [6.45, 7) is 21.6. The van der Waals surface area contributed by atoms with E-state index in [1.807, 2.05) is 24.3 Å². The molecule has 1 amide bonds. The minimum Gasteiger partial charge on any atom is -0.462 e. The van der Waals surface area contributed by atoms with Gasteiger partial charge < -0.3 is 29.3 Å². The molecular weight excluding hydrogens is 1140 g/mol. The van der Waals surface area contributed by atoms with Crippen molar-refractivity contribution in [2.75, 3.05) is 44.6 Å². The zero-order valence-electron chi connectivity index (χ0n) is 49.1.